The van der Waals surface area contributed by atoms with E-state index in [-0.39, 0.29) is 11.9 Å². The summed E-state index contributed by atoms with van der Waals surface area (Å²) in [5.41, 5.74) is 0. The molecule has 1 amide bonds. The molecule has 0 aliphatic rings. The molecule has 184 valence electrons. The maximum Gasteiger partial charge on any atom is 0.430 e. The molecule has 1 atom stereocenters. The monoisotopic (exact) mass is 524 g/mol. The minimum atomic E-state index is -3.41. The van der Waals surface area contributed by atoms with E-state index >= 15 is 0 Å². The number of nitrogens with one attached hydrogen (secondary N) is 2. The van der Waals surface area contributed by atoms with Crippen molar-refractivity contribution in [3.8, 4) is 11.5 Å². The molecule has 0 bridgehead atoms. The van der Waals surface area contributed by atoms with Gasteiger partial charge in [-0.25, -0.2) is 9.36 Å². The van der Waals surface area contributed by atoms with Crippen LogP contribution in [0.1, 0.15) is 26.2 Å². The third kappa shape index (κ3) is 11.0. The van der Waals surface area contributed by atoms with E-state index in [4.69, 9.17) is 26.4 Å². The molecule has 0 spiro atoms. The number of hydrogen-bond donors (Lipinski definition) is 3. The summed E-state index contributed by atoms with van der Waals surface area (Å²) in [7, 11) is -3.41. The second kappa shape index (κ2) is 14.7. The average Bonchev–Trinajstić information content (AvgIpc) is 2.79. The van der Waals surface area contributed by atoms with E-state index in [0.29, 0.717) is 28.8 Å². The van der Waals surface area contributed by atoms with Crippen LogP contribution in [0.2, 0.25) is 0 Å². The molecule has 0 radical (unpaired) electrons. The van der Waals surface area contributed by atoms with Crippen molar-refractivity contribution in [3.05, 3.63) is 60.7 Å². The van der Waals surface area contributed by atoms with Gasteiger partial charge in [0.15, 0.2) is 0 Å². The zero-order chi connectivity index (χ0) is 24.8. The van der Waals surface area contributed by atoms with Crippen molar-refractivity contribution in [3.63, 3.8) is 0 Å². The molecule has 8 nitrogen and oxygen atoms in total. The van der Waals surface area contributed by atoms with Crippen LogP contribution in [0.4, 0.5) is 0 Å². The Hall–Kier alpha value is -2.55. The number of thioether (sulfide) groups is 1. The van der Waals surface area contributed by atoms with Crippen molar-refractivity contribution in [2.45, 2.75) is 32.2 Å². The van der Waals surface area contributed by atoms with Crippen LogP contribution in [0, 0.1) is 0 Å². The molecule has 2 aromatic carbocycles. The van der Waals surface area contributed by atoms with Crippen LogP contribution < -0.4 is 19.7 Å². The SMILES string of the molecule is CC(=O)N[C@@H](CSC(=S)NCCCCCP(=O)(Oc1ccccc1)Oc1ccccc1)C(=O)O. The summed E-state index contributed by atoms with van der Waals surface area (Å²) in [5.74, 6) is -0.395. The summed E-state index contributed by atoms with van der Waals surface area (Å²) in [6.07, 6.45) is 2.42. The highest BCUT2D eigenvalue weighted by Crippen LogP contribution is 2.49. The van der Waals surface area contributed by atoms with Crippen molar-refractivity contribution in [1.82, 2.24) is 10.6 Å². The van der Waals surface area contributed by atoms with Gasteiger partial charge < -0.3 is 24.8 Å². The van der Waals surface area contributed by atoms with Gasteiger partial charge in [-0.1, -0.05) is 66.8 Å². The normalized spacial score (nSPS) is 11.8. The lowest BCUT2D eigenvalue weighted by Gasteiger charge is -2.20. The summed E-state index contributed by atoms with van der Waals surface area (Å²) >= 11 is 6.38. The first-order valence-corrected chi connectivity index (χ1v) is 13.9. The molecular formula is C23H29N2O6PS2. The number of amides is 1. The zero-order valence-electron chi connectivity index (χ0n) is 18.8. The van der Waals surface area contributed by atoms with E-state index in [1.165, 1.54) is 18.7 Å². The number of rotatable bonds is 14. The van der Waals surface area contributed by atoms with Gasteiger partial charge in [0, 0.05) is 19.2 Å². The maximum atomic E-state index is 13.4. The molecule has 3 N–H and O–H groups in total. The predicted octanol–water partition coefficient (Wildman–Crippen LogP) is 4.70. The molecule has 0 saturated heterocycles. The number of para-hydroxylation sites is 2. The van der Waals surface area contributed by atoms with Crippen LogP contribution in [-0.2, 0) is 14.2 Å². The summed E-state index contributed by atoms with van der Waals surface area (Å²) in [5, 5.41) is 14.6. The molecule has 34 heavy (non-hydrogen) atoms. The molecule has 11 heteroatoms. The van der Waals surface area contributed by atoms with Crippen LogP contribution in [0.15, 0.2) is 60.7 Å². The third-order valence-electron chi connectivity index (χ3n) is 4.41. The van der Waals surface area contributed by atoms with Gasteiger partial charge in [-0.05, 0) is 37.1 Å². The summed E-state index contributed by atoms with van der Waals surface area (Å²) in [4.78, 5) is 22.2. The lowest BCUT2D eigenvalue weighted by Crippen LogP contribution is -2.42. The third-order valence-corrected chi connectivity index (χ3v) is 7.66. The topological polar surface area (TPSA) is 114 Å². The minimum Gasteiger partial charge on any atom is -0.480 e. The molecular weight excluding hydrogens is 495 g/mol. The molecule has 0 unspecified atom stereocenters. The van der Waals surface area contributed by atoms with Crippen LogP contribution in [0.3, 0.4) is 0 Å². The Morgan fingerprint density at radius 3 is 2.06 bits per heavy atom. The highest BCUT2D eigenvalue weighted by Gasteiger charge is 2.27. The van der Waals surface area contributed by atoms with Gasteiger partial charge in [0.2, 0.25) is 5.91 Å². The Morgan fingerprint density at radius 2 is 1.56 bits per heavy atom. The lowest BCUT2D eigenvalue weighted by molar-refractivity contribution is -0.140. The van der Waals surface area contributed by atoms with Crippen molar-refractivity contribution in [2.24, 2.45) is 0 Å². The van der Waals surface area contributed by atoms with Gasteiger partial charge in [0.25, 0.3) is 0 Å². The largest absolute Gasteiger partial charge is 0.480 e. The van der Waals surface area contributed by atoms with Gasteiger partial charge in [-0.2, -0.15) is 0 Å². The van der Waals surface area contributed by atoms with E-state index in [9.17, 15) is 14.2 Å². The van der Waals surface area contributed by atoms with Gasteiger partial charge in [0.05, 0.1) is 6.16 Å². The summed E-state index contributed by atoms with van der Waals surface area (Å²) in [6, 6.07) is 16.9. The smallest absolute Gasteiger partial charge is 0.430 e. The van der Waals surface area contributed by atoms with Gasteiger partial charge >= 0.3 is 13.6 Å². The standard InChI is InChI=1S/C23H29N2O6PS2/c1-18(26)25-21(22(27)28)17-34-23(33)24-15-9-4-10-16-32(29,30-19-11-5-2-6-12-19)31-20-13-7-3-8-14-20/h2-3,5-8,11-14,21H,4,9-10,15-17H2,1H3,(H,24,33)(H,25,26)(H,27,28)/t21-/m0/s1. The van der Waals surface area contributed by atoms with Crippen LogP contribution in [0.5, 0.6) is 11.5 Å². The molecule has 2 rings (SSSR count). The molecule has 0 aliphatic heterocycles. The van der Waals surface area contributed by atoms with Gasteiger partial charge in [-0.15, -0.1) is 0 Å². The number of aliphatic carboxylic acids is 1. The quantitative estimate of drug-likeness (QED) is 0.184. The Balaban J connectivity index is 1.75. The number of thiocarbonyl (C=S) groups is 1. The fourth-order valence-corrected chi connectivity index (χ4v) is 5.59. The van der Waals surface area contributed by atoms with Gasteiger partial charge in [-0.3, -0.25) is 4.79 Å². The number of carbonyl (C=O) groups excluding carboxylic acids is 1. The zero-order valence-corrected chi connectivity index (χ0v) is 21.4. The fourth-order valence-electron chi connectivity index (χ4n) is 2.82. The Kier molecular flexibility index (Phi) is 11.9. The van der Waals surface area contributed by atoms with Crippen molar-refractivity contribution in [1.29, 1.82) is 0 Å². The lowest BCUT2D eigenvalue weighted by atomic mass is 10.2. The van der Waals surface area contributed by atoms with E-state index in [1.54, 1.807) is 24.3 Å². The summed E-state index contributed by atoms with van der Waals surface area (Å²) in [6.45, 7) is 1.86. The number of carbonyl (C=O) groups is 2. The molecule has 0 aromatic heterocycles. The second-order valence-corrected chi connectivity index (χ2v) is 11.1. The number of benzene rings is 2. The van der Waals surface area contributed by atoms with Crippen molar-refractivity contribution >= 4 is 47.8 Å². The minimum absolute atomic E-state index is 0.136. The van der Waals surface area contributed by atoms with Crippen LogP contribution in [0.25, 0.3) is 0 Å². The molecule has 0 saturated carbocycles. The first-order chi connectivity index (χ1) is 16.3. The Bertz CT molecular complexity index is 932. The number of carboxylic acid groups (broad SMARTS) is 1. The number of unbranched alkanes of at least 4 members (excludes halogenated alkanes) is 2. The average molecular weight is 525 g/mol. The highest BCUT2D eigenvalue weighted by atomic mass is 32.2. The van der Waals surface area contributed by atoms with Crippen LogP contribution >= 0.6 is 31.6 Å². The maximum absolute atomic E-state index is 13.4. The molecule has 0 aliphatic carbocycles. The van der Waals surface area contributed by atoms with E-state index < -0.39 is 25.5 Å². The van der Waals surface area contributed by atoms with E-state index in [2.05, 4.69) is 10.6 Å². The van der Waals surface area contributed by atoms with Crippen LogP contribution in [-0.4, -0.2) is 45.8 Å². The van der Waals surface area contributed by atoms with Gasteiger partial charge in [0.1, 0.15) is 21.9 Å². The van der Waals surface area contributed by atoms with E-state index in [0.717, 1.165) is 12.8 Å². The molecule has 0 fully saturated rings. The van der Waals surface area contributed by atoms with E-state index in [1.807, 2.05) is 36.4 Å². The molecule has 0 heterocycles. The Morgan fingerprint density at radius 1 is 1.00 bits per heavy atom. The first-order valence-electron chi connectivity index (χ1n) is 10.8. The predicted molar refractivity (Wildman–Crippen MR) is 139 cm³/mol. The Labute approximate surface area is 209 Å². The van der Waals surface area contributed by atoms with Crippen molar-refractivity contribution < 1.29 is 28.3 Å². The van der Waals surface area contributed by atoms with Crippen molar-refractivity contribution in [2.75, 3.05) is 18.5 Å². The first kappa shape index (κ1) is 27.7. The molecule has 2 aromatic rings. The highest BCUT2D eigenvalue weighted by molar-refractivity contribution is 8.23. The summed E-state index contributed by atoms with van der Waals surface area (Å²) < 4.78 is 25.4. The number of carboxylic acids is 1. The second-order valence-electron chi connectivity index (χ2n) is 7.32. The number of hydrogen-bond acceptors (Lipinski definition) is 7. The fraction of sp³-hybridized carbons (Fsp3) is 0.348.